The van der Waals surface area contributed by atoms with Crippen molar-refractivity contribution in [2.24, 2.45) is 0 Å². The predicted octanol–water partition coefficient (Wildman–Crippen LogP) is 4.64. The highest BCUT2D eigenvalue weighted by Crippen LogP contribution is 2.50. The fraction of sp³-hybridized carbons (Fsp3) is 0.231. The maximum atomic E-state index is 13.2. The van der Waals surface area contributed by atoms with E-state index < -0.39 is 0 Å². The molecule has 2 fully saturated rings. The Labute approximate surface area is 181 Å². The van der Waals surface area contributed by atoms with Crippen LogP contribution in [0.5, 0.6) is 5.75 Å². The van der Waals surface area contributed by atoms with Gasteiger partial charge in [-0.15, -0.1) is 0 Å². The van der Waals surface area contributed by atoms with Crippen LogP contribution in [0.1, 0.15) is 47.5 Å². The normalized spacial score (nSPS) is 23.6. The van der Waals surface area contributed by atoms with E-state index in [4.69, 9.17) is 4.74 Å². The number of hydrogen-bond donors (Lipinski definition) is 0. The number of hydrazine groups is 1. The van der Waals surface area contributed by atoms with Gasteiger partial charge in [0.15, 0.2) is 0 Å². The topological polar surface area (TPSA) is 49.9 Å². The monoisotopic (exact) mass is 412 g/mol. The molecule has 3 aromatic rings. The number of rotatable bonds is 4. The second kappa shape index (κ2) is 8.00. The lowest BCUT2D eigenvalue weighted by Crippen LogP contribution is -2.52. The third-order valence-electron chi connectivity index (χ3n) is 6.32. The smallest absolute Gasteiger partial charge is 0.245 e. The number of carbonyl (C=O) groups is 2. The summed E-state index contributed by atoms with van der Waals surface area (Å²) in [5, 5.41) is 3.42. The van der Waals surface area contributed by atoms with Gasteiger partial charge in [0.05, 0.1) is 25.6 Å². The Balaban J connectivity index is 1.64. The molecule has 5 nitrogen and oxygen atoms in total. The van der Waals surface area contributed by atoms with Gasteiger partial charge >= 0.3 is 0 Å². The molecule has 0 spiro atoms. The minimum atomic E-state index is -0.177. The Morgan fingerprint density at radius 1 is 0.710 bits per heavy atom. The van der Waals surface area contributed by atoms with Crippen LogP contribution in [-0.4, -0.2) is 28.9 Å². The molecule has 2 amide bonds. The minimum Gasteiger partial charge on any atom is -0.497 e. The summed E-state index contributed by atoms with van der Waals surface area (Å²) in [5.41, 5.74) is 3.20. The first-order valence-electron chi connectivity index (χ1n) is 10.5. The van der Waals surface area contributed by atoms with Crippen LogP contribution in [0.15, 0.2) is 84.9 Å². The van der Waals surface area contributed by atoms with Crippen LogP contribution in [0, 0.1) is 0 Å². The van der Waals surface area contributed by atoms with Crippen molar-refractivity contribution in [3.8, 4) is 5.75 Å². The summed E-state index contributed by atoms with van der Waals surface area (Å²) in [6.07, 6.45) is 0.587. The van der Waals surface area contributed by atoms with Gasteiger partial charge in [0.1, 0.15) is 5.75 Å². The van der Waals surface area contributed by atoms with Crippen molar-refractivity contribution in [2.45, 2.75) is 30.8 Å². The summed E-state index contributed by atoms with van der Waals surface area (Å²) in [4.78, 5) is 26.1. The summed E-state index contributed by atoms with van der Waals surface area (Å²) in [6.45, 7) is 0. The molecule has 31 heavy (non-hydrogen) atoms. The van der Waals surface area contributed by atoms with Gasteiger partial charge in [-0.05, 0) is 28.8 Å². The molecule has 156 valence electrons. The van der Waals surface area contributed by atoms with Crippen molar-refractivity contribution >= 4 is 11.8 Å². The summed E-state index contributed by atoms with van der Waals surface area (Å²) in [5.74, 6) is 0.431. The predicted molar refractivity (Wildman–Crippen MR) is 117 cm³/mol. The number of imide groups is 1. The maximum absolute atomic E-state index is 13.2. The van der Waals surface area contributed by atoms with Crippen LogP contribution in [0.4, 0.5) is 0 Å². The van der Waals surface area contributed by atoms with E-state index in [2.05, 4.69) is 12.1 Å². The van der Waals surface area contributed by atoms with Crippen LogP contribution >= 0.6 is 0 Å². The van der Waals surface area contributed by atoms with Gasteiger partial charge in [0.2, 0.25) is 11.8 Å². The van der Waals surface area contributed by atoms with E-state index >= 15 is 0 Å². The van der Waals surface area contributed by atoms with Gasteiger partial charge in [0, 0.05) is 12.3 Å². The van der Waals surface area contributed by atoms with E-state index in [1.165, 1.54) is 5.01 Å². The number of amides is 2. The van der Waals surface area contributed by atoms with Gasteiger partial charge < -0.3 is 4.74 Å². The van der Waals surface area contributed by atoms with Crippen molar-refractivity contribution in [1.29, 1.82) is 0 Å². The van der Waals surface area contributed by atoms with Gasteiger partial charge in [-0.2, -0.15) is 5.01 Å². The molecule has 2 saturated heterocycles. The number of methoxy groups -OCH3 is 1. The second-order valence-corrected chi connectivity index (χ2v) is 8.05. The Morgan fingerprint density at radius 3 is 1.90 bits per heavy atom. The zero-order valence-corrected chi connectivity index (χ0v) is 17.3. The lowest BCUT2D eigenvalue weighted by atomic mass is 9.82. The molecule has 3 atom stereocenters. The average molecular weight is 412 g/mol. The first kappa shape index (κ1) is 19.5. The van der Waals surface area contributed by atoms with Crippen molar-refractivity contribution in [3.63, 3.8) is 0 Å². The Hall–Kier alpha value is -3.44. The molecule has 0 saturated carbocycles. The molecule has 2 heterocycles. The van der Waals surface area contributed by atoms with E-state index in [0.29, 0.717) is 6.42 Å². The standard InChI is InChI=1S/C26H24N2O3/c1-31-21-14-12-18(13-15-21)22-16-24(29)28-25(30)17-23(19-8-4-2-5-9-19)27(28)26(22)20-10-6-3-7-11-20/h2-15,22-23,26H,16-17H2,1H3/t22-,23+,26+/m0/s1. The van der Waals surface area contributed by atoms with Crippen LogP contribution in [0.2, 0.25) is 0 Å². The fourth-order valence-electron chi connectivity index (χ4n) is 4.90. The maximum Gasteiger partial charge on any atom is 0.245 e. The van der Waals surface area contributed by atoms with E-state index in [1.54, 1.807) is 7.11 Å². The Bertz CT molecular complexity index is 1080. The zero-order chi connectivity index (χ0) is 21.4. The molecule has 0 aliphatic carbocycles. The number of benzene rings is 3. The first-order valence-corrected chi connectivity index (χ1v) is 10.5. The molecular formula is C26H24N2O3. The Kier molecular flexibility index (Phi) is 5.04. The molecule has 3 aromatic carbocycles. The van der Waals surface area contributed by atoms with Gasteiger partial charge in [-0.1, -0.05) is 72.8 Å². The summed E-state index contributed by atoms with van der Waals surface area (Å²) < 4.78 is 5.32. The van der Waals surface area contributed by atoms with Gasteiger partial charge in [-0.25, -0.2) is 5.01 Å². The quantitative estimate of drug-likeness (QED) is 0.586. The largest absolute Gasteiger partial charge is 0.497 e. The number of hydrogen-bond acceptors (Lipinski definition) is 4. The highest BCUT2D eigenvalue weighted by atomic mass is 16.5. The van der Waals surface area contributed by atoms with E-state index in [1.807, 2.05) is 77.8 Å². The van der Waals surface area contributed by atoms with Gasteiger partial charge in [-0.3, -0.25) is 9.59 Å². The molecule has 0 unspecified atom stereocenters. The van der Waals surface area contributed by atoms with Crippen molar-refractivity contribution in [1.82, 2.24) is 10.0 Å². The van der Waals surface area contributed by atoms with Crippen molar-refractivity contribution in [2.75, 3.05) is 7.11 Å². The third kappa shape index (κ3) is 3.41. The first-order chi connectivity index (χ1) is 15.2. The van der Waals surface area contributed by atoms with Crippen LogP contribution < -0.4 is 4.74 Å². The number of ether oxygens (including phenoxy) is 1. The Morgan fingerprint density at radius 2 is 1.29 bits per heavy atom. The number of carbonyl (C=O) groups excluding carboxylic acids is 2. The average Bonchev–Trinajstić information content (AvgIpc) is 3.18. The molecule has 2 aliphatic rings. The molecule has 0 N–H and O–H groups in total. The fourth-order valence-corrected chi connectivity index (χ4v) is 4.90. The summed E-state index contributed by atoms with van der Waals surface area (Å²) in [6, 6.07) is 27.8. The number of fused-ring (bicyclic) bond motifs is 1. The summed E-state index contributed by atoms with van der Waals surface area (Å²) >= 11 is 0. The lowest BCUT2D eigenvalue weighted by molar-refractivity contribution is -0.170. The van der Waals surface area contributed by atoms with E-state index in [9.17, 15) is 9.59 Å². The third-order valence-corrected chi connectivity index (χ3v) is 6.32. The molecular weight excluding hydrogens is 388 g/mol. The number of nitrogens with zero attached hydrogens (tertiary/aromatic N) is 2. The SMILES string of the molecule is COc1ccc([C@@H]2CC(=O)N3C(=O)C[C@H](c4ccccc4)N3[C@@H]2c2ccccc2)cc1. The summed E-state index contributed by atoms with van der Waals surface area (Å²) in [7, 11) is 1.64. The highest BCUT2D eigenvalue weighted by Gasteiger charge is 2.52. The van der Waals surface area contributed by atoms with Crippen molar-refractivity contribution < 1.29 is 14.3 Å². The molecule has 5 rings (SSSR count). The molecule has 5 heteroatoms. The van der Waals surface area contributed by atoms with E-state index in [-0.39, 0.29) is 36.2 Å². The molecule has 0 radical (unpaired) electrons. The van der Waals surface area contributed by atoms with Crippen LogP contribution in [-0.2, 0) is 9.59 Å². The highest BCUT2D eigenvalue weighted by molar-refractivity contribution is 5.97. The molecule has 2 aliphatic heterocycles. The second-order valence-electron chi connectivity index (χ2n) is 8.05. The lowest BCUT2D eigenvalue weighted by Gasteiger charge is -2.46. The minimum absolute atomic E-state index is 0.0748. The van der Waals surface area contributed by atoms with E-state index in [0.717, 1.165) is 22.4 Å². The zero-order valence-electron chi connectivity index (χ0n) is 17.3. The van der Waals surface area contributed by atoms with Gasteiger partial charge in [0.25, 0.3) is 0 Å². The van der Waals surface area contributed by atoms with Crippen molar-refractivity contribution in [3.05, 3.63) is 102 Å². The molecule has 0 aromatic heterocycles. The van der Waals surface area contributed by atoms with Crippen LogP contribution in [0.3, 0.4) is 0 Å². The van der Waals surface area contributed by atoms with Crippen LogP contribution in [0.25, 0.3) is 0 Å². The molecule has 0 bridgehead atoms.